The fraction of sp³-hybridized carbons (Fsp3) is 0.222. The highest BCUT2D eigenvalue weighted by molar-refractivity contribution is 6.32. The molecule has 0 radical (unpaired) electrons. The Kier molecular flexibility index (Phi) is 6.80. The zero-order valence-corrected chi connectivity index (χ0v) is 15.0. The maximum absolute atomic E-state index is 12.8. The summed E-state index contributed by atoms with van der Waals surface area (Å²) in [6, 6.07) is 8.62. The lowest BCUT2D eigenvalue weighted by atomic mass is 10.1. The van der Waals surface area contributed by atoms with Crippen molar-refractivity contribution in [2.45, 2.75) is 6.42 Å². The van der Waals surface area contributed by atoms with E-state index >= 15 is 0 Å². The number of halogens is 2. The minimum absolute atomic E-state index is 0.0473. The molecule has 138 valence electrons. The third-order valence-electron chi connectivity index (χ3n) is 3.47. The Bertz CT molecular complexity index is 797. The number of benzene rings is 2. The summed E-state index contributed by atoms with van der Waals surface area (Å²) < 4.78 is 23.1. The molecule has 0 aliphatic rings. The standard InChI is InChI=1S/C18H18ClFN2O4/c1-25-15-9-14(16(26-2)8-13(15)19)22-18(24)10-21-17(23)7-11-3-5-12(20)6-4-11/h3-6,8-9H,7,10H2,1-2H3,(H,21,23)(H,22,24). The molecule has 0 fully saturated rings. The topological polar surface area (TPSA) is 76.7 Å². The van der Waals surface area contributed by atoms with Crippen molar-refractivity contribution in [2.75, 3.05) is 26.1 Å². The lowest BCUT2D eigenvalue weighted by Crippen LogP contribution is -2.33. The van der Waals surface area contributed by atoms with Crippen molar-refractivity contribution >= 4 is 29.1 Å². The molecular formula is C18H18ClFN2O4. The van der Waals surface area contributed by atoms with Crippen LogP contribution in [0.25, 0.3) is 0 Å². The van der Waals surface area contributed by atoms with Crippen LogP contribution in [0.3, 0.4) is 0 Å². The Morgan fingerprint density at radius 2 is 1.69 bits per heavy atom. The van der Waals surface area contributed by atoms with Crippen LogP contribution in [-0.2, 0) is 16.0 Å². The van der Waals surface area contributed by atoms with Gasteiger partial charge in [0.1, 0.15) is 17.3 Å². The summed E-state index contributed by atoms with van der Waals surface area (Å²) >= 11 is 6.01. The molecule has 0 heterocycles. The van der Waals surface area contributed by atoms with Crippen LogP contribution in [0.15, 0.2) is 36.4 Å². The molecule has 0 atom stereocenters. The van der Waals surface area contributed by atoms with E-state index < -0.39 is 5.91 Å². The van der Waals surface area contributed by atoms with Gasteiger partial charge in [0.25, 0.3) is 0 Å². The first-order valence-electron chi connectivity index (χ1n) is 7.65. The Morgan fingerprint density at radius 3 is 2.31 bits per heavy atom. The van der Waals surface area contributed by atoms with Crippen molar-refractivity contribution in [3.8, 4) is 11.5 Å². The van der Waals surface area contributed by atoms with Crippen molar-refractivity contribution < 1.29 is 23.5 Å². The smallest absolute Gasteiger partial charge is 0.243 e. The van der Waals surface area contributed by atoms with Crippen molar-refractivity contribution in [3.05, 3.63) is 52.8 Å². The average Bonchev–Trinajstić information content (AvgIpc) is 2.63. The quantitative estimate of drug-likeness (QED) is 0.774. The van der Waals surface area contributed by atoms with Gasteiger partial charge in [-0.15, -0.1) is 0 Å². The molecule has 2 aromatic carbocycles. The van der Waals surface area contributed by atoms with Gasteiger partial charge in [0, 0.05) is 12.1 Å². The van der Waals surface area contributed by atoms with Crippen LogP contribution in [0.5, 0.6) is 11.5 Å². The first-order valence-corrected chi connectivity index (χ1v) is 8.03. The Balaban J connectivity index is 1.92. The van der Waals surface area contributed by atoms with Crippen molar-refractivity contribution in [3.63, 3.8) is 0 Å². The number of carbonyl (C=O) groups is 2. The van der Waals surface area contributed by atoms with Gasteiger partial charge in [-0.25, -0.2) is 4.39 Å². The van der Waals surface area contributed by atoms with E-state index in [9.17, 15) is 14.0 Å². The highest BCUT2D eigenvalue weighted by Crippen LogP contribution is 2.35. The Hall–Kier alpha value is -2.80. The highest BCUT2D eigenvalue weighted by Gasteiger charge is 2.13. The first kappa shape index (κ1) is 19.5. The Labute approximate surface area is 155 Å². The van der Waals surface area contributed by atoms with Crippen molar-refractivity contribution in [1.82, 2.24) is 5.32 Å². The van der Waals surface area contributed by atoms with E-state index in [1.54, 1.807) is 0 Å². The normalized spacial score (nSPS) is 10.2. The van der Waals surface area contributed by atoms with Gasteiger partial charge >= 0.3 is 0 Å². The lowest BCUT2D eigenvalue weighted by molar-refractivity contribution is -0.123. The van der Waals surface area contributed by atoms with E-state index in [1.807, 2.05) is 0 Å². The molecule has 0 aliphatic heterocycles. The van der Waals surface area contributed by atoms with Crippen LogP contribution < -0.4 is 20.1 Å². The fourth-order valence-corrected chi connectivity index (χ4v) is 2.41. The summed E-state index contributed by atoms with van der Waals surface area (Å²) in [6.07, 6.45) is 0.0473. The van der Waals surface area contributed by atoms with Crippen LogP contribution in [0.2, 0.25) is 5.02 Å². The summed E-state index contributed by atoms with van der Waals surface area (Å²) in [5, 5.41) is 5.47. The lowest BCUT2D eigenvalue weighted by Gasteiger charge is -2.13. The zero-order chi connectivity index (χ0) is 19.1. The van der Waals surface area contributed by atoms with Crippen LogP contribution in [0.4, 0.5) is 10.1 Å². The molecule has 0 spiro atoms. The average molecular weight is 381 g/mol. The number of methoxy groups -OCH3 is 2. The van der Waals surface area contributed by atoms with Gasteiger partial charge in [0.2, 0.25) is 11.8 Å². The second-order valence-corrected chi connectivity index (χ2v) is 5.72. The van der Waals surface area contributed by atoms with Crippen LogP contribution in [-0.4, -0.2) is 32.6 Å². The molecule has 0 saturated heterocycles. The molecule has 2 N–H and O–H groups in total. The molecule has 0 bridgehead atoms. The SMILES string of the molecule is COc1cc(NC(=O)CNC(=O)Cc2ccc(F)cc2)c(OC)cc1Cl. The molecule has 0 unspecified atom stereocenters. The molecular weight excluding hydrogens is 363 g/mol. The predicted octanol–water partition coefficient (Wildman–Crippen LogP) is 2.79. The van der Waals surface area contributed by atoms with Crippen molar-refractivity contribution in [2.24, 2.45) is 0 Å². The van der Waals surface area contributed by atoms with E-state index in [2.05, 4.69) is 10.6 Å². The van der Waals surface area contributed by atoms with Crippen LogP contribution in [0.1, 0.15) is 5.56 Å². The van der Waals surface area contributed by atoms with Gasteiger partial charge in [-0.2, -0.15) is 0 Å². The van der Waals surface area contributed by atoms with E-state index in [1.165, 1.54) is 50.6 Å². The second kappa shape index (κ2) is 9.05. The van der Waals surface area contributed by atoms with E-state index in [-0.39, 0.29) is 24.7 Å². The molecule has 2 amide bonds. The number of hydrogen-bond donors (Lipinski definition) is 2. The third-order valence-corrected chi connectivity index (χ3v) is 3.77. The zero-order valence-electron chi connectivity index (χ0n) is 14.3. The number of nitrogens with one attached hydrogen (secondary N) is 2. The number of rotatable bonds is 7. The molecule has 0 aromatic heterocycles. The molecule has 2 rings (SSSR count). The predicted molar refractivity (Wildman–Crippen MR) is 96.3 cm³/mol. The van der Waals surface area contributed by atoms with Gasteiger partial charge in [-0.3, -0.25) is 9.59 Å². The number of amides is 2. The van der Waals surface area contributed by atoms with Gasteiger partial charge < -0.3 is 20.1 Å². The van der Waals surface area contributed by atoms with E-state index in [4.69, 9.17) is 21.1 Å². The number of anilines is 1. The number of carbonyl (C=O) groups excluding carboxylic acids is 2. The third kappa shape index (κ3) is 5.35. The Morgan fingerprint density at radius 1 is 1.04 bits per heavy atom. The monoisotopic (exact) mass is 380 g/mol. The summed E-state index contributed by atoms with van der Waals surface area (Å²) in [5.41, 5.74) is 1.01. The maximum atomic E-state index is 12.8. The van der Waals surface area contributed by atoms with Gasteiger partial charge in [-0.05, 0) is 17.7 Å². The minimum atomic E-state index is -0.444. The number of hydrogen-bond acceptors (Lipinski definition) is 4. The van der Waals surface area contributed by atoms with Crippen molar-refractivity contribution in [1.29, 1.82) is 0 Å². The van der Waals surface area contributed by atoms with E-state index in [0.717, 1.165) is 0 Å². The van der Waals surface area contributed by atoms with Gasteiger partial charge in [-0.1, -0.05) is 23.7 Å². The maximum Gasteiger partial charge on any atom is 0.243 e. The molecule has 8 heteroatoms. The molecule has 26 heavy (non-hydrogen) atoms. The molecule has 0 saturated carbocycles. The second-order valence-electron chi connectivity index (χ2n) is 5.32. The minimum Gasteiger partial charge on any atom is -0.495 e. The van der Waals surface area contributed by atoms with E-state index in [0.29, 0.717) is 27.8 Å². The van der Waals surface area contributed by atoms with Gasteiger partial charge in [0.15, 0.2) is 0 Å². The summed E-state index contributed by atoms with van der Waals surface area (Å²) in [4.78, 5) is 23.9. The number of ether oxygens (including phenoxy) is 2. The van der Waals surface area contributed by atoms with Crippen LogP contribution >= 0.6 is 11.6 Å². The molecule has 0 aliphatic carbocycles. The summed E-state index contributed by atoms with van der Waals surface area (Å²) in [6.45, 7) is -0.228. The molecule has 6 nitrogen and oxygen atoms in total. The fourth-order valence-electron chi connectivity index (χ4n) is 2.18. The summed E-state index contributed by atoms with van der Waals surface area (Å²) in [7, 11) is 2.90. The summed E-state index contributed by atoms with van der Waals surface area (Å²) in [5.74, 6) is -0.432. The van der Waals surface area contributed by atoms with Crippen LogP contribution in [0, 0.1) is 5.82 Å². The first-order chi connectivity index (χ1) is 12.4. The molecule has 2 aromatic rings. The van der Waals surface area contributed by atoms with Gasteiger partial charge in [0.05, 0.1) is 37.9 Å². The highest BCUT2D eigenvalue weighted by atomic mass is 35.5. The largest absolute Gasteiger partial charge is 0.495 e.